The van der Waals surface area contributed by atoms with Gasteiger partial charge in [0.1, 0.15) is 5.82 Å². The molecule has 0 amide bonds. The lowest BCUT2D eigenvalue weighted by atomic mass is 10.1. The molecular formula is C19H24FN3O. The predicted molar refractivity (Wildman–Crippen MR) is 95.2 cm³/mol. The summed E-state index contributed by atoms with van der Waals surface area (Å²) < 4.78 is 18.1. The first kappa shape index (κ1) is 17.9. The van der Waals surface area contributed by atoms with Crippen molar-refractivity contribution >= 4 is 5.96 Å². The van der Waals surface area contributed by atoms with Gasteiger partial charge in [0.25, 0.3) is 0 Å². The maximum absolute atomic E-state index is 13.0. The quantitative estimate of drug-likeness (QED) is 0.653. The number of nitrogens with one attached hydrogen (secondary N) is 1. The molecule has 0 unspecified atom stereocenters. The van der Waals surface area contributed by atoms with Crippen molar-refractivity contribution in [1.82, 2.24) is 10.2 Å². The molecule has 0 heterocycles. The van der Waals surface area contributed by atoms with E-state index in [0.29, 0.717) is 19.7 Å². The fourth-order valence-corrected chi connectivity index (χ4v) is 2.50. The van der Waals surface area contributed by atoms with Crippen LogP contribution in [0.3, 0.4) is 0 Å². The molecule has 0 aliphatic rings. The summed E-state index contributed by atoms with van der Waals surface area (Å²) in [6, 6.07) is 14.8. The van der Waals surface area contributed by atoms with E-state index >= 15 is 0 Å². The Hall–Kier alpha value is -2.40. The molecule has 0 aliphatic heterocycles. The molecule has 0 fully saturated rings. The largest absolute Gasteiger partial charge is 0.380 e. The summed E-state index contributed by atoms with van der Waals surface area (Å²) in [6.07, 6.45) is 0. The van der Waals surface area contributed by atoms with Gasteiger partial charge in [-0.2, -0.15) is 0 Å². The Balaban J connectivity index is 1.94. The molecule has 0 spiro atoms. The number of benzene rings is 2. The zero-order valence-electron chi connectivity index (χ0n) is 14.4. The van der Waals surface area contributed by atoms with Gasteiger partial charge in [-0.05, 0) is 28.8 Å². The zero-order valence-corrected chi connectivity index (χ0v) is 14.4. The van der Waals surface area contributed by atoms with Gasteiger partial charge in [-0.1, -0.05) is 36.4 Å². The molecule has 2 aromatic carbocycles. The molecular weight excluding hydrogens is 305 g/mol. The minimum atomic E-state index is -0.222. The Kier molecular flexibility index (Phi) is 6.75. The van der Waals surface area contributed by atoms with E-state index in [1.807, 2.05) is 24.1 Å². The van der Waals surface area contributed by atoms with Crippen LogP contribution in [-0.4, -0.2) is 32.1 Å². The Labute approximate surface area is 143 Å². The lowest BCUT2D eigenvalue weighted by Gasteiger charge is -2.22. The van der Waals surface area contributed by atoms with Gasteiger partial charge in [0, 0.05) is 34.3 Å². The lowest BCUT2D eigenvalue weighted by Crippen LogP contribution is -2.38. The smallest absolute Gasteiger partial charge is 0.193 e. The van der Waals surface area contributed by atoms with Crippen LogP contribution in [0.1, 0.15) is 16.7 Å². The molecule has 5 heteroatoms. The van der Waals surface area contributed by atoms with E-state index in [1.54, 1.807) is 26.3 Å². The fourth-order valence-electron chi connectivity index (χ4n) is 2.50. The van der Waals surface area contributed by atoms with Gasteiger partial charge in [0.2, 0.25) is 0 Å². The van der Waals surface area contributed by atoms with Crippen LogP contribution in [-0.2, 0) is 24.4 Å². The summed E-state index contributed by atoms with van der Waals surface area (Å²) in [5.74, 6) is 0.566. The van der Waals surface area contributed by atoms with Crippen LogP contribution < -0.4 is 5.32 Å². The van der Waals surface area contributed by atoms with Gasteiger partial charge in [0.05, 0.1) is 6.61 Å². The molecule has 128 valence electrons. The van der Waals surface area contributed by atoms with Crippen LogP contribution in [0.2, 0.25) is 0 Å². The van der Waals surface area contributed by atoms with E-state index < -0.39 is 0 Å². The Bertz CT molecular complexity index is 671. The molecule has 0 saturated carbocycles. The first-order chi connectivity index (χ1) is 11.6. The second kappa shape index (κ2) is 9.03. The van der Waals surface area contributed by atoms with E-state index in [-0.39, 0.29) is 5.82 Å². The van der Waals surface area contributed by atoms with Crippen molar-refractivity contribution in [3.05, 3.63) is 71.0 Å². The number of hydrogen-bond donors (Lipinski definition) is 1. The summed E-state index contributed by atoms with van der Waals surface area (Å²) >= 11 is 0. The molecule has 0 bridgehead atoms. The second-order valence-corrected chi connectivity index (χ2v) is 5.64. The van der Waals surface area contributed by atoms with Crippen LogP contribution in [0, 0.1) is 5.82 Å². The average Bonchev–Trinajstić information content (AvgIpc) is 2.58. The number of nitrogens with zero attached hydrogens (tertiary/aromatic N) is 2. The lowest BCUT2D eigenvalue weighted by molar-refractivity contribution is 0.185. The van der Waals surface area contributed by atoms with Crippen molar-refractivity contribution < 1.29 is 9.13 Å². The van der Waals surface area contributed by atoms with E-state index in [2.05, 4.69) is 22.4 Å². The molecule has 24 heavy (non-hydrogen) atoms. The van der Waals surface area contributed by atoms with Gasteiger partial charge >= 0.3 is 0 Å². The van der Waals surface area contributed by atoms with Crippen LogP contribution in [0.25, 0.3) is 0 Å². The molecule has 1 N–H and O–H groups in total. The third-order valence-corrected chi connectivity index (χ3v) is 3.66. The minimum Gasteiger partial charge on any atom is -0.380 e. The molecule has 2 rings (SSSR count). The summed E-state index contributed by atoms with van der Waals surface area (Å²) in [5, 5.41) is 3.35. The normalized spacial score (nSPS) is 11.4. The highest BCUT2D eigenvalue weighted by molar-refractivity contribution is 5.79. The van der Waals surface area contributed by atoms with E-state index in [4.69, 9.17) is 4.74 Å². The Morgan fingerprint density at radius 3 is 2.50 bits per heavy atom. The van der Waals surface area contributed by atoms with E-state index in [1.165, 1.54) is 17.7 Å². The maximum Gasteiger partial charge on any atom is 0.193 e. The monoisotopic (exact) mass is 329 g/mol. The first-order valence-corrected chi connectivity index (χ1v) is 7.85. The van der Waals surface area contributed by atoms with Gasteiger partial charge in [-0.3, -0.25) is 4.99 Å². The number of rotatable bonds is 6. The average molecular weight is 329 g/mol. The number of ether oxygens (including phenoxy) is 1. The molecule has 0 atom stereocenters. The summed E-state index contributed by atoms with van der Waals surface area (Å²) in [6.45, 7) is 1.94. The summed E-state index contributed by atoms with van der Waals surface area (Å²) in [4.78, 5) is 6.31. The second-order valence-electron chi connectivity index (χ2n) is 5.64. The van der Waals surface area contributed by atoms with E-state index in [9.17, 15) is 4.39 Å². The molecule has 4 nitrogen and oxygen atoms in total. The number of guanidine groups is 1. The number of aliphatic imine (C=N–C) groups is 1. The third kappa shape index (κ3) is 5.35. The van der Waals surface area contributed by atoms with Crippen LogP contribution in [0.5, 0.6) is 0 Å². The highest BCUT2D eigenvalue weighted by Crippen LogP contribution is 2.08. The Morgan fingerprint density at radius 2 is 1.83 bits per heavy atom. The minimum absolute atomic E-state index is 0.222. The third-order valence-electron chi connectivity index (χ3n) is 3.66. The topological polar surface area (TPSA) is 36.9 Å². The van der Waals surface area contributed by atoms with Crippen molar-refractivity contribution in [2.45, 2.75) is 19.7 Å². The van der Waals surface area contributed by atoms with Gasteiger partial charge < -0.3 is 15.0 Å². The van der Waals surface area contributed by atoms with Crippen LogP contribution in [0.15, 0.2) is 53.5 Å². The van der Waals surface area contributed by atoms with Crippen LogP contribution in [0.4, 0.5) is 4.39 Å². The standard InChI is InChI=1S/C19H24FN3O/c1-21-19(23(2)13-15-7-9-18(20)10-8-15)22-12-16-5-4-6-17(11-16)14-24-3/h4-11H,12-14H2,1-3H3,(H,21,22). The van der Waals surface area contributed by atoms with Crippen molar-refractivity contribution in [1.29, 1.82) is 0 Å². The first-order valence-electron chi connectivity index (χ1n) is 7.85. The number of methoxy groups -OCH3 is 1. The summed E-state index contributed by atoms with van der Waals surface area (Å²) in [5.41, 5.74) is 3.34. The number of hydrogen-bond acceptors (Lipinski definition) is 2. The van der Waals surface area contributed by atoms with Crippen LogP contribution >= 0.6 is 0 Å². The van der Waals surface area contributed by atoms with Crippen molar-refractivity contribution in [2.75, 3.05) is 21.2 Å². The van der Waals surface area contributed by atoms with Crippen molar-refractivity contribution in [3.8, 4) is 0 Å². The molecule has 2 aromatic rings. The fraction of sp³-hybridized carbons (Fsp3) is 0.316. The zero-order chi connectivity index (χ0) is 17.4. The van der Waals surface area contributed by atoms with Crippen molar-refractivity contribution in [3.63, 3.8) is 0 Å². The highest BCUT2D eigenvalue weighted by atomic mass is 19.1. The molecule has 0 aliphatic carbocycles. The molecule has 0 aromatic heterocycles. The molecule has 0 saturated heterocycles. The van der Waals surface area contributed by atoms with Gasteiger partial charge in [-0.25, -0.2) is 4.39 Å². The predicted octanol–water partition coefficient (Wildman–Crippen LogP) is 3.18. The SMILES string of the molecule is CN=C(NCc1cccc(COC)c1)N(C)Cc1ccc(F)cc1. The van der Waals surface area contributed by atoms with Gasteiger partial charge in [0.15, 0.2) is 5.96 Å². The molecule has 0 radical (unpaired) electrons. The van der Waals surface area contributed by atoms with E-state index in [0.717, 1.165) is 17.1 Å². The Morgan fingerprint density at radius 1 is 1.12 bits per heavy atom. The highest BCUT2D eigenvalue weighted by Gasteiger charge is 2.07. The number of halogens is 1. The van der Waals surface area contributed by atoms with Crippen molar-refractivity contribution in [2.24, 2.45) is 4.99 Å². The summed E-state index contributed by atoms with van der Waals surface area (Å²) in [7, 11) is 5.40. The van der Waals surface area contributed by atoms with Gasteiger partial charge in [-0.15, -0.1) is 0 Å². The maximum atomic E-state index is 13.0.